The molecule has 0 fully saturated rings. The average molecular weight is 340 g/mol. The number of hydrogen-bond donors (Lipinski definition) is 2. The van der Waals surface area contributed by atoms with Gasteiger partial charge in [0.05, 0.1) is 11.4 Å². The molecule has 0 atom stereocenters. The molecule has 2 N–H and O–H groups in total. The first-order valence-corrected chi connectivity index (χ1v) is 8.04. The zero-order valence-corrected chi connectivity index (χ0v) is 15.3. The Labute approximate surface area is 143 Å². The Morgan fingerprint density at radius 2 is 1.87 bits per heavy atom. The van der Waals surface area contributed by atoms with E-state index in [-0.39, 0.29) is 11.8 Å². The van der Waals surface area contributed by atoms with Gasteiger partial charge in [-0.25, -0.2) is 0 Å². The highest BCUT2D eigenvalue weighted by molar-refractivity contribution is 6.31. The molecule has 128 valence electrons. The molecule has 0 radical (unpaired) electrons. The van der Waals surface area contributed by atoms with Gasteiger partial charge in [-0.2, -0.15) is 0 Å². The number of rotatable bonds is 6. The molecule has 0 aliphatic rings. The molecule has 6 heteroatoms. The van der Waals surface area contributed by atoms with E-state index in [1.165, 1.54) is 0 Å². The third kappa shape index (κ3) is 6.48. The number of hydrogen-bond acceptors (Lipinski definition) is 3. The van der Waals surface area contributed by atoms with Crippen LogP contribution in [0.5, 0.6) is 0 Å². The normalized spacial score (nSPS) is 11.0. The second kappa shape index (κ2) is 8.20. The Hall–Kier alpha value is -1.75. The molecule has 0 unspecified atom stereocenters. The molecule has 0 saturated heterocycles. The van der Waals surface area contributed by atoms with Crippen LogP contribution >= 0.6 is 11.6 Å². The molecule has 0 bridgehead atoms. The molecule has 0 heterocycles. The summed E-state index contributed by atoms with van der Waals surface area (Å²) in [7, 11) is 3.81. The summed E-state index contributed by atoms with van der Waals surface area (Å²) in [5, 5.41) is 6.28. The number of anilines is 2. The van der Waals surface area contributed by atoms with Gasteiger partial charge >= 0.3 is 0 Å². The van der Waals surface area contributed by atoms with Crippen LogP contribution in [0.25, 0.3) is 0 Å². The standard InChI is InChI=1S/C17H26ClN3O2/c1-17(2,3)16(23)19-10-6-7-15(22)20-13-11-12(18)8-9-14(13)21(4)5/h8-9,11H,6-7,10H2,1-5H3,(H,19,23)(H,20,22). The topological polar surface area (TPSA) is 61.4 Å². The Morgan fingerprint density at radius 3 is 2.43 bits per heavy atom. The Morgan fingerprint density at radius 1 is 1.22 bits per heavy atom. The molecular weight excluding hydrogens is 314 g/mol. The molecule has 0 aliphatic carbocycles. The molecule has 23 heavy (non-hydrogen) atoms. The third-order valence-corrected chi connectivity index (χ3v) is 3.50. The summed E-state index contributed by atoms with van der Waals surface area (Å²) in [6.07, 6.45) is 0.926. The molecule has 0 saturated carbocycles. The van der Waals surface area contributed by atoms with Gasteiger partial charge in [0.1, 0.15) is 0 Å². The van der Waals surface area contributed by atoms with E-state index < -0.39 is 5.41 Å². The van der Waals surface area contributed by atoms with Gasteiger partial charge in [0.2, 0.25) is 11.8 Å². The zero-order chi connectivity index (χ0) is 17.6. The fourth-order valence-electron chi connectivity index (χ4n) is 1.93. The zero-order valence-electron chi connectivity index (χ0n) is 14.5. The maximum Gasteiger partial charge on any atom is 0.225 e. The molecule has 1 rings (SSSR count). The second-order valence-electron chi connectivity index (χ2n) is 6.71. The highest BCUT2D eigenvalue weighted by atomic mass is 35.5. The number of carbonyl (C=O) groups is 2. The minimum Gasteiger partial charge on any atom is -0.376 e. The molecular formula is C17H26ClN3O2. The van der Waals surface area contributed by atoms with Gasteiger partial charge in [-0.1, -0.05) is 32.4 Å². The maximum absolute atomic E-state index is 12.1. The number of halogens is 1. The first-order valence-electron chi connectivity index (χ1n) is 7.66. The number of amides is 2. The predicted molar refractivity (Wildman–Crippen MR) is 96.1 cm³/mol. The van der Waals surface area contributed by atoms with Crippen molar-refractivity contribution in [3.63, 3.8) is 0 Å². The van der Waals surface area contributed by atoms with Gasteiger partial charge in [-0.05, 0) is 24.6 Å². The van der Waals surface area contributed by atoms with Gasteiger partial charge in [0, 0.05) is 37.5 Å². The van der Waals surface area contributed by atoms with Crippen LogP contribution in [0, 0.1) is 5.41 Å². The fourth-order valence-corrected chi connectivity index (χ4v) is 2.10. The summed E-state index contributed by atoms with van der Waals surface area (Å²) in [4.78, 5) is 25.7. The van der Waals surface area contributed by atoms with Crippen molar-refractivity contribution < 1.29 is 9.59 Å². The summed E-state index contributed by atoms with van der Waals surface area (Å²) in [5.74, 6) is -0.108. The van der Waals surface area contributed by atoms with E-state index in [2.05, 4.69) is 10.6 Å². The summed E-state index contributed by atoms with van der Waals surface area (Å²) in [6, 6.07) is 5.38. The van der Waals surface area contributed by atoms with Crippen LogP contribution < -0.4 is 15.5 Å². The fraction of sp³-hybridized carbons (Fsp3) is 0.529. The van der Waals surface area contributed by atoms with Crippen molar-refractivity contribution in [3.8, 4) is 0 Å². The van der Waals surface area contributed by atoms with Crippen LogP contribution in [-0.2, 0) is 9.59 Å². The molecule has 5 nitrogen and oxygen atoms in total. The highest BCUT2D eigenvalue weighted by Crippen LogP contribution is 2.27. The SMILES string of the molecule is CN(C)c1ccc(Cl)cc1NC(=O)CCCNC(=O)C(C)(C)C. The quantitative estimate of drug-likeness (QED) is 0.782. The molecule has 0 aromatic heterocycles. The minimum atomic E-state index is -0.413. The predicted octanol–water partition coefficient (Wildman–Crippen LogP) is 3.29. The van der Waals surface area contributed by atoms with E-state index in [9.17, 15) is 9.59 Å². The first-order chi connectivity index (χ1) is 10.6. The average Bonchev–Trinajstić information content (AvgIpc) is 2.42. The van der Waals surface area contributed by atoms with Crippen molar-refractivity contribution in [2.75, 3.05) is 30.9 Å². The van der Waals surface area contributed by atoms with Crippen LogP contribution in [-0.4, -0.2) is 32.5 Å². The van der Waals surface area contributed by atoms with Gasteiger partial charge < -0.3 is 15.5 Å². The van der Waals surface area contributed by atoms with Crippen LogP contribution in [0.1, 0.15) is 33.6 Å². The molecule has 0 spiro atoms. The summed E-state index contributed by atoms with van der Waals surface area (Å²) < 4.78 is 0. The van der Waals surface area contributed by atoms with Crippen LogP contribution in [0.4, 0.5) is 11.4 Å². The van der Waals surface area contributed by atoms with Crippen LogP contribution in [0.2, 0.25) is 5.02 Å². The van der Waals surface area contributed by atoms with Crippen molar-refractivity contribution in [1.82, 2.24) is 5.32 Å². The Balaban J connectivity index is 2.49. The van der Waals surface area contributed by atoms with Crippen molar-refractivity contribution in [3.05, 3.63) is 23.2 Å². The van der Waals surface area contributed by atoms with Gasteiger partial charge in [0.15, 0.2) is 0 Å². The number of nitrogens with zero attached hydrogens (tertiary/aromatic N) is 1. The van der Waals surface area contributed by atoms with E-state index in [1.807, 2.05) is 45.8 Å². The summed E-state index contributed by atoms with van der Waals surface area (Å²) in [5.41, 5.74) is 1.17. The number of carbonyl (C=O) groups excluding carboxylic acids is 2. The monoisotopic (exact) mass is 339 g/mol. The molecule has 2 amide bonds. The molecule has 0 aliphatic heterocycles. The molecule has 1 aromatic carbocycles. The lowest BCUT2D eigenvalue weighted by Crippen LogP contribution is -2.35. The third-order valence-electron chi connectivity index (χ3n) is 3.26. The van der Waals surface area contributed by atoms with E-state index in [4.69, 9.17) is 11.6 Å². The highest BCUT2D eigenvalue weighted by Gasteiger charge is 2.20. The summed E-state index contributed by atoms with van der Waals surface area (Å²) in [6.45, 7) is 6.06. The van der Waals surface area contributed by atoms with Crippen molar-refractivity contribution in [2.24, 2.45) is 5.41 Å². The Bertz CT molecular complexity index is 565. The lowest BCUT2D eigenvalue weighted by molar-refractivity contribution is -0.128. The van der Waals surface area contributed by atoms with Gasteiger partial charge in [-0.3, -0.25) is 9.59 Å². The maximum atomic E-state index is 12.1. The van der Waals surface area contributed by atoms with Crippen molar-refractivity contribution >= 4 is 34.8 Å². The summed E-state index contributed by atoms with van der Waals surface area (Å²) >= 11 is 5.99. The van der Waals surface area contributed by atoms with E-state index in [0.717, 1.165) is 5.69 Å². The largest absolute Gasteiger partial charge is 0.376 e. The van der Waals surface area contributed by atoms with Crippen LogP contribution in [0.3, 0.4) is 0 Å². The lowest BCUT2D eigenvalue weighted by atomic mass is 9.96. The second-order valence-corrected chi connectivity index (χ2v) is 7.15. The van der Waals surface area contributed by atoms with Gasteiger partial charge in [-0.15, -0.1) is 0 Å². The number of nitrogens with one attached hydrogen (secondary N) is 2. The molecule has 1 aromatic rings. The van der Waals surface area contributed by atoms with E-state index in [0.29, 0.717) is 30.1 Å². The first kappa shape index (κ1) is 19.3. The van der Waals surface area contributed by atoms with Crippen molar-refractivity contribution in [1.29, 1.82) is 0 Å². The van der Waals surface area contributed by atoms with E-state index in [1.54, 1.807) is 12.1 Å². The lowest BCUT2D eigenvalue weighted by Gasteiger charge is -2.19. The smallest absolute Gasteiger partial charge is 0.225 e. The van der Waals surface area contributed by atoms with E-state index >= 15 is 0 Å². The minimum absolute atomic E-state index is 0.0114. The van der Waals surface area contributed by atoms with Gasteiger partial charge in [0.25, 0.3) is 0 Å². The number of benzene rings is 1. The van der Waals surface area contributed by atoms with Crippen LogP contribution in [0.15, 0.2) is 18.2 Å². The van der Waals surface area contributed by atoms with Crippen molar-refractivity contribution in [2.45, 2.75) is 33.6 Å². The Kier molecular flexibility index (Phi) is 6.88.